The zero-order valence-electron chi connectivity index (χ0n) is 27.8. The van der Waals surface area contributed by atoms with E-state index in [-0.39, 0.29) is 0 Å². The Kier molecular flexibility index (Phi) is 7.03. The second-order valence-corrected chi connectivity index (χ2v) is 12.8. The van der Waals surface area contributed by atoms with Crippen molar-refractivity contribution < 1.29 is 8.83 Å². The largest absolute Gasteiger partial charge is 0.444 e. The first-order valence-electron chi connectivity index (χ1n) is 17.1. The third kappa shape index (κ3) is 5.05. The molecule has 0 spiro atoms. The molecule has 0 fully saturated rings. The Hall–Kier alpha value is -7.18. The first kappa shape index (κ1) is 29.7. The van der Waals surface area contributed by atoms with Crippen molar-refractivity contribution in [3.63, 3.8) is 0 Å². The van der Waals surface area contributed by atoms with Gasteiger partial charge >= 0.3 is 0 Å². The number of hydrogen-bond acceptors (Lipinski definition) is 6. The highest BCUT2D eigenvalue weighted by Crippen LogP contribution is 2.45. The molecule has 0 aliphatic carbocycles. The van der Waals surface area contributed by atoms with Gasteiger partial charge in [-0.25, -0.2) is 9.97 Å². The Balaban J connectivity index is 1.20. The summed E-state index contributed by atoms with van der Waals surface area (Å²) in [4.78, 5) is 18.2. The number of nitrogens with zero attached hydrogens (tertiary/aromatic N) is 4. The van der Waals surface area contributed by atoms with Crippen LogP contribution in [0.25, 0.3) is 99.7 Å². The summed E-state index contributed by atoms with van der Waals surface area (Å²) in [6, 6.07) is 47.1. The van der Waals surface area contributed by atoms with E-state index in [4.69, 9.17) is 18.8 Å². The third-order valence-electron chi connectivity index (χ3n) is 9.81. The van der Waals surface area contributed by atoms with E-state index in [1.165, 1.54) is 34.7 Å². The van der Waals surface area contributed by atoms with Crippen LogP contribution in [0, 0.1) is 0 Å². The van der Waals surface area contributed by atoms with E-state index in [1.807, 2.05) is 24.5 Å². The maximum atomic E-state index is 5.69. The highest BCUT2D eigenvalue weighted by Gasteiger charge is 2.20. The first-order valence-corrected chi connectivity index (χ1v) is 17.1. The smallest absolute Gasteiger partial charge is 0.181 e. The molecule has 0 amide bonds. The van der Waals surface area contributed by atoms with Gasteiger partial charge in [0.05, 0.1) is 23.8 Å². The fourth-order valence-corrected chi connectivity index (χ4v) is 7.39. The minimum absolute atomic E-state index is 0.689. The van der Waals surface area contributed by atoms with E-state index >= 15 is 0 Å². The van der Waals surface area contributed by atoms with Crippen LogP contribution in [-0.4, -0.2) is 19.9 Å². The van der Waals surface area contributed by atoms with Crippen LogP contribution in [0.1, 0.15) is 0 Å². The third-order valence-corrected chi connectivity index (χ3v) is 9.81. The van der Waals surface area contributed by atoms with Crippen LogP contribution in [-0.2, 0) is 0 Å². The van der Waals surface area contributed by atoms with Gasteiger partial charge in [0.2, 0.25) is 0 Å². The molecule has 244 valence electrons. The van der Waals surface area contributed by atoms with Crippen LogP contribution in [0.2, 0.25) is 0 Å². The Morgan fingerprint density at radius 2 is 0.923 bits per heavy atom. The van der Waals surface area contributed by atoms with Gasteiger partial charge in [0, 0.05) is 34.6 Å². The fourth-order valence-electron chi connectivity index (χ4n) is 7.39. The van der Waals surface area contributed by atoms with Gasteiger partial charge in [-0.05, 0) is 84.9 Å². The van der Waals surface area contributed by atoms with Gasteiger partial charge in [-0.1, -0.05) is 103 Å². The molecule has 6 heteroatoms. The average Bonchev–Trinajstić information content (AvgIpc) is 3.96. The van der Waals surface area contributed by atoms with E-state index in [2.05, 4.69) is 131 Å². The van der Waals surface area contributed by atoms with Crippen LogP contribution in [0.15, 0.2) is 180 Å². The molecule has 0 saturated carbocycles. The Labute approximate surface area is 298 Å². The number of oxazole rings is 2. The molecule has 52 heavy (non-hydrogen) atoms. The summed E-state index contributed by atoms with van der Waals surface area (Å²) in [6.07, 6.45) is 10.0. The lowest BCUT2D eigenvalue weighted by Crippen LogP contribution is -1.95. The molecule has 0 atom stereocenters. The zero-order valence-corrected chi connectivity index (χ0v) is 27.8. The molecule has 10 rings (SSSR count). The molecule has 0 aliphatic heterocycles. The Morgan fingerprint density at radius 1 is 0.385 bits per heavy atom. The summed E-state index contributed by atoms with van der Waals surface area (Å²) >= 11 is 0. The average molecular weight is 669 g/mol. The highest BCUT2D eigenvalue weighted by molar-refractivity contribution is 6.21. The summed E-state index contributed by atoms with van der Waals surface area (Å²) in [7, 11) is 0. The first-order chi connectivity index (χ1) is 25.8. The van der Waals surface area contributed by atoms with E-state index < -0.39 is 0 Å². The number of fused-ring (bicyclic) bond motifs is 3. The quantitative estimate of drug-likeness (QED) is 0.164. The van der Waals surface area contributed by atoms with E-state index in [1.54, 1.807) is 12.4 Å². The van der Waals surface area contributed by atoms with E-state index in [9.17, 15) is 0 Å². The number of aromatic nitrogens is 4. The number of pyridine rings is 2. The molecule has 4 heterocycles. The lowest BCUT2D eigenvalue weighted by atomic mass is 9.86. The van der Waals surface area contributed by atoms with Gasteiger partial charge in [-0.15, -0.1) is 0 Å². The zero-order chi connectivity index (χ0) is 34.4. The predicted octanol–water partition coefficient (Wildman–Crippen LogP) is 11.9. The van der Waals surface area contributed by atoms with Gasteiger partial charge in [-0.3, -0.25) is 9.97 Å². The Morgan fingerprint density at radius 3 is 1.56 bits per heavy atom. The van der Waals surface area contributed by atoms with Crippen molar-refractivity contribution in [3.8, 4) is 67.4 Å². The van der Waals surface area contributed by atoms with Crippen molar-refractivity contribution in [1.82, 2.24) is 19.9 Å². The molecule has 10 aromatic rings. The van der Waals surface area contributed by atoms with Crippen molar-refractivity contribution in [2.24, 2.45) is 0 Å². The van der Waals surface area contributed by atoms with Gasteiger partial charge in [-0.2, -0.15) is 0 Å². The van der Waals surface area contributed by atoms with Crippen molar-refractivity contribution >= 4 is 32.3 Å². The van der Waals surface area contributed by atoms with Crippen LogP contribution < -0.4 is 0 Å². The molecule has 6 nitrogen and oxygen atoms in total. The number of rotatable bonds is 6. The number of benzene rings is 6. The van der Waals surface area contributed by atoms with Crippen molar-refractivity contribution in [3.05, 3.63) is 171 Å². The van der Waals surface area contributed by atoms with Gasteiger partial charge in [0.25, 0.3) is 0 Å². The van der Waals surface area contributed by atoms with Crippen LogP contribution in [0.5, 0.6) is 0 Å². The van der Waals surface area contributed by atoms with Crippen molar-refractivity contribution in [2.45, 2.75) is 0 Å². The van der Waals surface area contributed by atoms with Crippen molar-refractivity contribution in [2.75, 3.05) is 0 Å². The SMILES string of the molecule is c1ccc2c(-c3ccc(-c4ccc5c(-c6cc(-c7cnco7)ccn6)c6ccccc6c(-c6cc(-c7cnco7)ccn6)c5c4)cc3)cccc2c1. The molecule has 0 aliphatic rings. The van der Waals surface area contributed by atoms with E-state index in [0.29, 0.717) is 11.5 Å². The summed E-state index contributed by atoms with van der Waals surface area (Å²) in [5, 5.41) is 6.76. The van der Waals surface area contributed by atoms with Gasteiger partial charge < -0.3 is 8.83 Å². The van der Waals surface area contributed by atoms with E-state index in [0.717, 1.165) is 66.3 Å². The topological polar surface area (TPSA) is 77.8 Å². The van der Waals surface area contributed by atoms with Crippen molar-refractivity contribution in [1.29, 1.82) is 0 Å². The monoisotopic (exact) mass is 668 g/mol. The van der Waals surface area contributed by atoms with Gasteiger partial charge in [0.15, 0.2) is 24.3 Å². The van der Waals surface area contributed by atoms with Gasteiger partial charge in [0.1, 0.15) is 0 Å². The normalized spacial score (nSPS) is 11.5. The second kappa shape index (κ2) is 12.3. The molecule has 0 N–H and O–H groups in total. The van der Waals surface area contributed by atoms with Crippen LogP contribution in [0.3, 0.4) is 0 Å². The molecule has 0 unspecified atom stereocenters. The number of hydrogen-bond donors (Lipinski definition) is 0. The lowest BCUT2D eigenvalue weighted by Gasteiger charge is -2.18. The summed E-state index contributed by atoms with van der Waals surface area (Å²) in [6.45, 7) is 0. The van der Waals surface area contributed by atoms with Crippen LogP contribution in [0.4, 0.5) is 0 Å². The highest BCUT2D eigenvalue weighted by atomic mass is 16.3. The molecule has 0 saturated heterocycles. The summed E-state index contributed by atoms with van der Waals surface area (Å²) < 4.78 is 11.4. The maximum absolute atomic E-state index is 5.69. The molecule has 4 aromatic heterocycles. The molecule has 6 aromatic carbocycles. The summed E-state index contributed by atoms with van der Waals surface area (Å²) in [5.74, 6) is 1.38. The molecule has 0 radical (unpaired) electrons. The lowest BCUT2D eigenvalue weighted by molar-refractivity contribution is 0.571. The van der Waals surface area contributed by atoms with Crippen LogP contribution >= 0.6 is 0 Å². The minimum atomic E-state index is 0.689. The Bertz CT molecular complexity index is 2890. The molecule has 0 bridgehead atoms. The fraction of sp³-hybridized carbons (Fsp3) is 0. The predicted molar refractivity (Wildman–Crippen MR) is 207 cm³/mol. The second-order valence-electron chi connectivity index (χ2n) is 12.8. The molecular weight excluding hydrogens is 641 g/mol. The minimum Gasteiger partial charge on any atom is -0.444 e. The summed E-state index contributed by atoms with van der Waals surface area (Å²) in [5.41, 5.74) is 10.2. The molecular formula is C46H28N4O2. The maximum Gasteiger partial charge on any atom is 0.181 e. The standard InChI is InChI=1S/C46H28N4O2/c1-2-8-35-30(6-1)7-5-11-36(35)31-14-12-29(13-15-31)32-16-17-39-40(22-32)46(42-24-34(19-21-50-42)44-26-48-28-52-44)38-10-4-3-9-37(38)45(39)41-23-33(18-20-49-41)43-25-47-27-51-43/h1-28H.